The van der Waals surface area contributed by atoms with Crippen LogP contribution in [0.15, 0.2) is 83.0 Å². The van der Waals surface area contributed by atoms with E-state index >= 15 is 0 Å². The van der Waals surface area contributed by atoms with Gasteiger partial charge >= 0.3 is 6.03 Å². The molecule has 5 rings (SSSR count). The van der Waals surface area contributed by atoms with Gasteiger partial charge in [-0.2, -0.15) is 4.98 Å². The van der Waals surface area contributed by atoms with E-state index in [0.29, 0.717) is 18.3 Å². The molecule has 1 aliphatic heterocycles. The lowest BCUT2D eigenvalue weighted by Gasteiger charge is -2.35. The van der Waals surface area contributed by atoms with Crippen molar-refractivity contribution < 1.29 is 9.32 Å². The number of benzene rings is 3. The number of aromatic nitrogens is 2. The first-order valence-electron chi connectivity index (χ1n) is 12.8. The first kappa shape index (κ1) is 24.5. The molecule has 1 unspecified atom stereocenters. The van der Waals surface area contributed by atoms with Crippen LogP contribution in [0.2, 0.25) is 0 Å². The van der Waals surface area contributed by atoms with Crippen molar-refractivity contribution >= 4 is 11.6 Å². The lowest BCUT2D eigenvalue weighted by molar-refractivity contribution is 0.203. The van der Waals surface area contributed by atoms with E-state index in [1.165, 1.54) is 11.1 Å². The molecular weight excluding hydrogens is 460 g/mol. The maximum atomic E-state index is 13.4. The first-order chi connectivity index (χ1) is 18.0. The van der Waals surface area contributed by atoms with Crippen molar-refractivity contribution in [2.75, 3.05) is 0 Å². The van der Waals surface area contributed by atoms with E-state index in [9.17, 15) is 4.79 Å². The maximum absolute atomic E-state index is 13.4. The minimum absolute atomic E-state index is 0.151. The van der Waals surface area contributed by atoms with E-state index < -0.39 is 6.04 Å². The summed E-state index contributed by atoms with van der Waals surface area (Å²) in [5.41, 5.74) is 8.18. The van der Waals surface area contributed by atoms with Crippen molar-refractivity contribution in [2.45, 2.75) is 53.1 Å². The van der Waals surface area contributed by atoms with Crippen molar-refractivity contribution in [3.8, 4) is 11.4 Å². The van der Waals surface area contributed by atoms with Crippen molar-refractivity contribution in [2.24, 2.45) is 0 Å². The number of carbonyl (C=O) groups excluding carboxylic acids is 1. The molecule has 0 aliphatic carbocycles. The average Bonchev–Trinajstić information content (AvgIpc) is 3.40. The summed E-state index contributed by atoms with van der Waals surface area (Å²) >= 11 is 0. The van der Waals surface area contributed by atoms with Crippen LogP contribution in [-0.4, -0.2) is 21.1 Å². The predicted molar refractivity (Wildman–Crippen MR) is 146 cm³/mol. The molecule has 0 saturated heterocycles. The minimum Gasteiger partial charge on any atom is -0.334 e. The van der Waals surface area contributed by atoms with Gasteiger partial charge in [-0.25, -0.2) is 4.79 Å². The Labute approximate surface area is 218 Å². The summed E-state index contributed by atoms with van der Waals surface area (Å²) in [5.74, 6) is 0.936. The Morgan fingerprint density at radius 1 is 0.892 bits per heavy atom. The highest BCUT2D eigenvalue weighted by Crippen LogP contribution is 2.38. The molecule has 6 heteroatoms. The number of aryl methyl sites for hydroxylation is 3. The highest BCUT2D eigenvalue weighted by atomic mass is 16.5. The van der Waals surface area contributed by atoms with Gasteiger partial charge in [-0.1, -0.05) is 97.4 Å². The smallest absolute Gasteiger partial charge is 0.322 e. The zero-order valence-corrected chi connectivity index (χ0v) is 21.8. The van der Waals surface area contributed by atoms with E-state index in [1.54, 1.807) is 4.90 Å². The lowest BCUT2D eigenvalue weighted by atomic mass is 9.93. The van der Waals surface area contributed by atoms with Gasteiger partial charge in [-0.05, 0) is 48.9 Å². The summed E-state index contributed by atoms with van der Waals surface area (Å²) in [5, 5.41) is 7.49. The third kappa shape index (κ3) is 5.05. The molecule has 188 valence electrons. The zero-order valence-electron chi connectivity index (χ0n) is 21.8. The molecule has 1 aliphatic rings. The topological polar surface area (TPSA) is 71.3 Å². The van der Waals surface area contributed by atoms with Gasteiger partial charge in [0, 0.05) is 11.3 Å². The number of amides is 2. The molecular formula is C31H32N4O2. The van der Waals surface area contributed by atoms with Crippen molar-refractivity contribution in [1.82, 2.24) is 20.4 Å². The second-order valence-electron chi connectivity index (χ2n) is 9.53. The quantitative estimate of drug-likeness (QED) is 0.306. The van der Waals surface area contributed by atoms with Gasteiger partial charge in [0.25, 0.3) is 5.89 Å². The van der Waals surface area contributed by atoms with Gasteiger partial charge < -0.3 is 9.84 Å². The highest BCUT2D eigenvalue weighted by molar-refractivity contribution is 5.86. The van der Waals surface area contributed by atoms with Crippen LogP contribution in [0.3, 0.4) is 0 Å². The summed E-state index contributed by atoms with van der Waals surface area (Å²) < 4.78 is 5.84. The number of rotatable bonds is 7. The van der Waals surface area contributed by atoms with Gasteiger partial charge in [0.2, 0.25) is 5.82 Å². The maximum Gasteiger partial charge on any atom is 0.322 e. The molecule has 4 aromatic rings. The second-order valence-corrected chi connectivity index (χ2v) is 9.53. The molecule has 0 bridgehead atoms. The fourth-order valence-corrected chi connectivity index (χ4v) is 4.78. The molecule has 6 nitrogen and oxygen atoms in total. The summed E-state index contributed by atoms with van der Waals surface area (Å²) in [4.78, 5) is 19.9. The number of hydrogen-bond acceptors (Lipinski definition) is 4. The Hall–Kier alpha value is -4.19. The van der Waals surface area contributed by atoms with Crippen LogP contribution >= 0.6 is 0 Å². The number of nitrogens with zero attached hydrogens (tertiary/aromatic N) is 3. The normalized spacial score (nSPS) is 15.7. The average molecular weight is 493 g/mol. The number of hydrogen-bond donors (Lipinski definition) is 1. The zero-order chi connectivity index (χ0) is 25.9. The van der Waals surface area contributed by atoms with Crippen molar-refractivity contribution in [1.29, 1.82) is 0 Å². The number of carbonyl (C=O) groups is 1. The van der Waals surface area contributed by atoms with E-state index in [1.807, 2.05) is 31.2 Å². The van der Waals surface area contributed by atoms with E-state index in [0.717, 1.165) is 46.4 Å². The molecule has 1 N–H and O–H groups in total. The Bertz CT molecular complexity index is 1430. The van der Waals surface area contributed by atoms with E-state index in [4.69, 9.17) is 9.51 Å². The number of urea groups is 1. The summed E-state index contributed by atoms with van der Waals surface area (Å²) in [7, 11) is 0. The van der Waals surface area contributed by atoms with Gasteiger partial charge in [0.1, 0.15) is 0 Å². The minimum atomic E-state index is -0.400. The first-order valence-corrected chi connectivity index (χ1v) is 12.8. The van der Waals surface area contributed by atoms with Crippen LogP contribution in [0.4, 0.5) is 4.79 Å². The summed E-state index contributed by atoms with van der Waals surface area (Å²) in [6, 6.07) is 24.2. The van der Waals surface area contributed by atoms with Crippen LogP contribution < -0.4 is 5.32 Å². The Kier molecular flexibility index (Phi) is 6.91. The molecule has 1 aromatic heterocycles. The molecule has 0 radical (unpaired) electrons. The summed E-state index contributed by atoms with van der Waals surface area (Å²) in [6.07, 6.45) is 1.92. The monoisotopic (exact) mass is 492 g/mol. The fraction of sp³-hybridized carbons (Fsp3) is 0.258. The Morgan fingerprint density at radius 3 is 2.22 bits per heavy atom. The Morgan fingerprint density at radius 2 is 1.57 bits per heavy atom. The number of allylic oxidation sites excluding steroid dienone is 1. The number of nitrogens with one attached hydrogen (secondary N) is 1. The molecule has 2 heterocycles. The highest BCUT2D eigenvalue weighted by Gasteiger charge is 2.35. The summed E-state index contributed by atoms with van der Waals surface area (Å²) in [6.45, 7) is 8.71. The van der Waals surface area contributed by atoms with Crippen LogP contribution in [0, 0.1) is 6.92 Å². The van der Waals surface area contributed by atoms with Crippen LogP contribution in [0.25, 0.3) is 17.0 Å². The van der Waals surface area contributed by atoms with Gasteiger partial charge in [-0.3, -0.25) is 4.90 Å². The third-order valence-electron chi connectivity index (χ3n) is 7.02. The second kappa shape index (κ2) is 10.4. The van der Waals surface area contributed by atoms with Gasteiger partial charge in [0.15, 0.2) is 0 Å². The lowest BCUT2D eigenvalue weighted by Crippen LogP contribution is -2.45. The standard InChI is InChI=1S/C31H32N4O2/c1-5-22-10-14-25(15-11-22)28-27(30-33-29(34-37-30)26-16-12-23(6-2)13-17-26)21(4)35(31(36)32-28)19-24-9-7-8-20(3)18-24/h7-18,28H,5-6,19H2,1-4H3,(H,32,36). The van der Waals surface area contributed by atoms with E-state index in [2.05, 4.69) is 79.8 Å². The van der Waals surface area contributed by atoms with Crippen LogP contribution in [0.1, 0.15) is 60.5 Å². The molecule has 0 fully saturated rings. The molecule has 0 saturated carbocycles. The fourth-order valence-electron chi connectivity index (χ4n) is 4.78. The third-order valence-corrected chi connectivity index (χ3v) is 7.02. The molecule has 2 amide bonds. The largest absolute Gasteiger partial charge is 0.334 e. The van der Waals surface area contributed by atoms with Crippen LogP contribution in [0.5, 0.6) is 0 Å². The SMILES string of the molecule is CCc1ccc(-c2noc(C3=C(C)N(Cc4cccc(C)c4)C(=O)NC3c3ccc(CC)cc3)n2)cc1. The van der Waals surface area contributed by atoms with Gasteiger partial charge in [0.05, 0.1) is 18.2 Å². The molecule has 1 atom stereocenters. The van der Waals surface area contributed by atoms with Gasteiger partial charge in [-0.15, -0.1) is 0 Å². The molecule has 3 aromatic carbocycles. The van der Waals surface area contributed by atoms with Crippen molar-refractivity contribution in [3.63, 3.8) is 0 Å². The van der Waals surface area contributed by atoms with Crippen LogP contribution in [-0.2, 0) is 19.4 Å². The Balaban J connectivity index is 1.57. The molecule has 37 heavy (non-hydrogen) atoms. The van der Waals surface area contributed by atoms with E-state index in [-0.39, 0.29) is 6.03 Å². The molecule has 0 spiro atoms. The predicted octanol–water partition coefficient (Wildman–Crippen LogP) is 6.87. The van der Waals surface area contributed by atoms with Crippen molar-refractivity contribution in [3.05, 3.63) is 112 Å².